The third-order valence-electron chi connectivity index (χ3n) is 4.76. The van der Waals surface area contributed by atoms with Crippen molar-refractivity contribution in [2.24, 2.45) is 0 Å². The quantitative estimate of drug-likeness (QED) is 0.507. The summed E-state index contributed by atoms with van der Waals surface area (Å²) in [5, 5.41) is 10.1. The molecule has 0 bridgehead atoms. The van der Waals surface area contributed by atoms with E-state index in [1.54, 1.807) is 54.6 Å². The van der Waals surface area contributed by atoms with Crippen LogP contribution in [0, 0.1) is 0 Å². The first kappa shape index (κ1) is 20.0. The standard InChI is InChI=1S/C24H21N5O2/c1-25-23(30)18-9-11-20(12-10-18)27-24(31)21-16-29(15-17-6-3-2-4-7-17)28-22(21)19-8-5-13-26-14-19/h2-14,16H,15H2,1H3,(H,25,30)(H,27,31). The predicted molar refractivity (Wildman–Crippen MR) is 119 cm³/mol. The Morgan fingerprint density at radius 2 is 1.71 bits per heavy atom. The number of aromatic nitrogens is 3. The summed E-state index contributed by atoms with van der Waals surface area (Å²) in [6, 6.07) is 20.3. The van der Waals surface area contributed by atoms with Crippen LogP contribution in [-0.2, 0) is 6.54 Å². The Morgan fingerprint density at radius 1 is 0.935 bits per heavy atom. The average molecular weight is 411 g/mol. The Bertz CT molecular complexity index is 1190. The highest BCUT2D eigenvalue weighted by molar-refractivity contribution is 6.08. The minimum Gasteiger partial charge on any atom is -0.355 e. The van der Waals surface area contributed by atoms with Gasteiger partial charge in [-0.15, -0.1) is 0 Å². The van der Waals surface area contributed by atoms with Crippen molar-refractivity contribution in [3.05, 3.63) is 102 Å². The van der Waals surface area contributed by atoms with Gasteiger partial charge in [0.25, 0.3) is 11.8 Å². The molecule has 2 aromatic carbocycles. The molecule has 0 spiro atoms. The smallest absolute Gasteiger partial charge is 0.259 e. The van der Waals surface area contributed by atoms with Gasteiger partial charge in [0, 0.05) is 42.5 Å². The fourth-order valence-electron chi connectivity index (χ4n) is 3.20. The van der Waals surface area contributed by atoms with Crippen molar-refractivity contribution in [1.29, 1.82) is 0 Å². The molecule has 0 fully saturated rings. The topological polar surface area (TPSA) is 88.9 Å². The molecule has 0 aliphatic rings. The van der Waals surface area contributed by atoms with Crippen molar-refractivity contribution in [2.75, 3.05) is 12.4 Å². The molecule has 2 amide bonds. The van der Waals surface area contributed by atoms with Gasteiger partial charge in [0.1, 0.15) is 5.69 Å². The molecule has 7 nitrogen and oxygen atoms in total. The van der Waals surface area contributed by atoms with Gasteiger partial charge in [0.15, 0.2) is 0 Å². The van der Waals surface area contributed by atoms with E-state index in [1.165, 1.54) is 0 Å². The third kappa shape index (κ3) is 4.67. The number of nitrogens with zero attached hydrogens (tertiary/aromatic N) is 3. The van der Waals surface area contributed by atoms with Gasteiger partial charge < -0.3 is 10.6 Å². The molecule has 0 aliphatic heterocycles. The van der Waals surface area contributed by atoms with E-state index in [0.29, 0.717) is 29.1 Å². The van der Waals surface area contributed by atoms with E-state index in [9.17, 15) is 9.59 Å². The van der Waals surface area contributed by atoms with E-state index in [1.807, 2.05) is 42.5 Å². The van der Waals surface area contributed by atoms with E-state index in [-0.39, 0.29) is 11.8 Å². The summed E-state index contributed by atoms with van der Waals surface area (Å²) in [4.78, 5) is 28.9. The third-order valence-corrected chi connectivity index (χ3v) is 4.76. The lowest BCUT2D eigenvalue weighted by Crippen LogP contribution is -2.18. The number of carbonyl (C=O) groups excluding carboxylic acids is 2. The molecule has 2 N–H and O–H groups in total. The first-order chi connectivity index (χ1) is 15.1. The molecular formula is C24H21N5O2. The van der Waals surface area contributed by atoms with E-state index in [0.717, 1.165) is 11.1 Å². The molecule has 2 aromatic heterocycles. The number of nitrogens with one attached hydrogen (secondary N) is 2. The predicted octanol–water partition coefficient (Wildman–Crippen LogP) is 3.61. The van der Waals surface area contributed by atoms with E-state index >= 15 is 0 Å². The number of rotatable bonds is 6. The summed E-state index contributed by atoms with van der Waals surface area (Å²) < 4.78 is 1.75. The van der Waals surface area contributed by atoms with Gasteiger partial charge in [-0.05, 0) is 42.0 Å². The molecule has 0 saturated carbocycles. The zero-order valence-corrected chi connectivity index (χ0v) is 16.9. The number of anilines is 1. The van der Waals surface area contributed by atoms with Crippen LogP contribution in [0.1, 0.15) is 26.3 Å². The largest absolute Gasteiger partial charge is 0.355 e. The molecule has 7 heteroatoms. The SMILES string of the molecule is CNC(=O)c1ccc(NC(=O)c2cn(Cc3ccccc3)nc2-c2cccnc2)cc1. The van der Waals surface area contributed by atoms with Crippen LogP contribution in [0.25, 0.3) is 11.3 Å². The van der Waals surface area contributed by atoms with Crippen molar-refractivity contribution in [3.8, 4) is 11.3 Å². The second-order valence-corrected chi connectivity index (χ2v) is 6.93. The van der Waals surface area contributed by atoms with Crippen LogP contribution in [0.5, 0.6) is 0 Å². The maximum Gasteiger partial charge on any atom is 0.259 e. The van der Waals surface area contributed by atoms with Gasteiger partial charge >= 0.3 is 0 Å². The lowest BCUT2D eigenvalue weighted by atomic mass is 10.1. The number of amides is 2. The first-order valence-electron chi connectivity index (χ1n) is 9.79. The van der Waals surface area contributed by atoms with Crippen LogP contribution in [0.4, 0.5) is 5.69 Å². The van der Waals surface area contributed by atoms with Crippen LogP contribution in [0.3, 0.4) is 0 Å². The van der Waals surface area contributed by atoms with Gasteiger partial charge in [-0.1, -0.05) is 30.3 Å². The number of hydrogen-bond donors (Lipinski definition) is 2. The molecule has 4 aromatic rings. The van der Waals surface area contributed by atoms with Crippen molar-refractivity contribution in [3.63, 3.8) is 0 Å². The van der Waals surface area contributed by atoms with Gasteiger partial charge in [0.2, 0.25) is 0 Å². The van der Waals surface area contributed by atoms with Gasteiger partial charge in [-0.2, -0.15) is 5.10 Å². The highest BCUT2D eigenvalue weighted by atomic mass is 16.2. The Balaban J connectivity index is 1.62. The summed E-state index contributed by atoms with van der Waals surface area (Å²) in [5.74, 6) is -0.468. The zero-order chi connectivity index (χ0) is 21.6. The normalized spacial score (nSPS) is 10.5. The van der Waals surface area contributed by atoms with Crippen LogP contribution in [0.15, 0.2) is 85.3 Å². The van der Waals surface area contributed by atoms with Crippen LogP contribution in [0.2, 0.25) is 0 Å². The lowest BCUT2D eigenvalue weighted by Gasteiger charge is -2.06. The highest BCUT2D eigenvalue weighted by Crippen LogP contribution is 2.23. The van der Waals surface area contributed by atoms with Crippen molar-refractivity contribution in [1.82, 2.24) is 20.1 Å². The summed E-state index contributed by atoms with van der Waals surface area (Å²) >= 11 is 0. The Labute approximate surface area is 179 Å². The number of pyridine rings is 1. The highest BCUT2D eigenvalue weighted by Gasteiger charge is 2.19. The Kier molecular flexibility index (Phi) is 5.84. The lowest BCUT2D eigenvalue weighted by molar-refractivity contribution is 0.0962. The van der Waals surface area contributed by atoms with Crippen molar-refractivity contribution < 1.29 is 9.59 Å². The Hall–Kier alpha value is -4.26. The second kappa shape index (κ2) is 9.04. The fraction of sp³-hybridized carbons (Fsp3) is 0.0833. The minimum absolute atomic E-state index is 0.182. The number of carbonyl (C=O) groups is 2. The van der Waals surface area contributed by atoms with Gasteiger partial charge in [0.05, 0.1) is 12.1 Å². The Morgan fingerprint density at radius 3 is 2.39 bits per heavy atom. The summed E-state index contributed by atoms with van der Waals surface area (Å²) in [6.45, 7) is 0.544. The van der Waals surface area contributed by atoms with Crippen LogP contribution < -0.4 is 10.6 Å². The maximum atomic E-state index is 13.1. The first-order valence-corrected chi connectivity index (χ1v) is 9.79. The number of benzene rings is 2. The number of hydrogen-bond acceptors (Lipinski definition) is 4. The molecule has 0 atom stereocenters. The average Bonchev–Trinajstić information content (AvgIpc) is 3.24. The molecule has 2 heterocycles. The van der Waals surface area contributed by atoms with Gasteiger partial charge in [-0.3, -0.25) is 19.3 Å². The molecule has 0 saturated heterocycles. The summed E-state index contributed by atoms with van der Waals surface area (Å²) in [6.07, 6.45) is 5.10. The zero-order valence-electron chi connectivity index (χ0n) is 16.9. The van der Waals surface area contributed by atoms with Crippen molar-refractivity contribution in [2.45, 2.75) is 6.54 Å². The maximum absolute atomic E-state index is 13.1. The van der Waals surface area contributed by atoms with E-state index < -0.39 is 0 Å². The molecule has 154 valence electrons. The van der Waals surface area contributed by atoms with E-state index in [4.69, 9.17) is 0 Å². The van der Waals surface area contributed by atoms with Crippen LogP contribution in [-0.4, -0.2) is 33.6 Å². The molecule has 0 radical (unpaired) electrons. The minimum atomic E-state index is -0.286. The van der Waals surface area contributed by atoms with Gasteiger partial charge in [-0.25, -0.2) is 0 Å². The van der Waals surface area contributed by atoms with Crippen molar-refractivity contribution >= 4 is 17.5 Å². The second-order valence-electron chi connectivity index (χ2n) is 6.93. The molecule has 4 rings (SSSR count). The monoisotopic (exact) mass is 411 g/mol. The molecule has 0 unspecified atom stereocenters. The molecule has 31 heavy (non-hydrogen) atoms. The summed E-state index contributed by atoms with van der Waals surface area (Å²) in [5.41, 5.74) is 3.95. The fourth-order valence-corrected chi connectivity index (χ4v) is 3.20. The molecular weight excluding hydrogens is 390 g/mol. The molecule has 0 aliphatic carbocycles. The van der Waals surface area contributed by atoms with Crippen LogP contribution >= 0.6 is 0 Å². The van der Waals surface area contributed by atoms with E-state index in [2.05, 4.69) is 20.7 Å². The summed E-state index contributed by atoms with van der Waals surface area (Å²) in [7, 11) is 1.57.